The first-order valence-corrected chi connectivity index (χ1v) is 7.31. The van der Waals surface area contributed by atoms with E-state index in [1.807, 2.05) is 0 Å². The number of hydrogen-bond donors (Lipinski definition) is 1. The van der Waals surface area contributed by atoms with Gasteiger partial charge in [0, 0.05) is 12.6 Å². The quantitative estimate of drug-likeness (QED) is 0.640. The number of nitro groups is 1. The van der Waals surface area contributed by atoms with Crippen LogP contribution in [0.4, 0.5) is 10.1 Å². The van der Waals surface area contributed by atoms with Crippen molar-refractivity contribution in [2.75, 3.05) is 14.2 Å². The van der Waals surface area contributed by atoms with Crippen molar-refractivity contribution in [2.24, 2.45) is 0 Å². The second-order valence-electron chi connectivity index (χ2n) is 5.25. The lowest BCUT2D eigenvalue weighted by Crippen LogP contribution is -2.24. The maximum absolute atomic E-state index is 13.5. The monoisotopic (exact) mass is 348 g/mol. The van der Waals surface area contributed by atoms with Crippen LogP contribution in [0.15, 0.2) is 30.3 Å². The van der Waals surface area contributed by atoms with E-state index in [9.17, 15) is 19.3 Å². The van der Waals surface area contributed by atoms with E-state index >= 15 is 0 Å². The second kappa shape index (κ2) is 7.61. The first-order chi connectivity index (χ1) is 11.9. The Bertz CT molecular complexity index is 823. The van der Waals surface area contributed by atoms with Crippen LogP contribution in [0.3, 0.4) is 0 Å². The highest BCUT2D eigenvalue weighted by Crippen LogP contribution is 2.34. The van der Waals surface area contributed by atoms with E-state index in [-0.39, 0.29) is 29.4 Å². The number of halogens is 1. The summed E-state index contributed by atoms with van der Waals surface area (Å²) in [6, 6.07) is 6.93. The summed E-state index contributed by atoms with van der Waals surface area (Å²) in [5, 5.41) is 13.8. The summed E-state index contributed by atoms with van der Waals surface area (Å²) < 4.78 is 23.6. The van der Waals surface area contributed by atoms with Crippen LogP contribution in [0.25, 0.3) is 0 Å². The topological polar surface area (TPSA) is 90.7 Å². The number of nitro benzene ring substituents is 1. The molecule has 0 saturated heterocycles. The van der Waals surface area contributed by atoms with Gasteiger partial charge in [0.15, 0.2) is 11.5 Å². The van der Waals surface area contributed by atoms with Gasteiger partial charge in [0.25, 0.3) is 11.6 Å². The average Bonchev–Trinajstić information content (AvgIpc) is 2.61. The highest BCUT2D eigenvalue weighted by molar-refractivity contribution is 5.99. The van der Waals surface area contributed by atoms with Gasteiger partial charge in [-0.1, -0.05) is 12.1 Å². The van der Waals surface area contributed by atoms with Gasteiger partial charge in [-0.05, 0) is 24.1 Å². The van der Waals surface area contributed by atoms with Crippen molar-refractivity contribution in [1.29, 1.82) is 0 Å². The fraction of sp³-hybridized carbons (Fsp3) is 0.235. The number of hydrogen-bond acceptors (Lipinski definition) is 5. The van der Waals surface area contributed by atoms with Crippen molar-refractivity contribution in [3.8, 4) is 11.5 Å². The van der Waals surface area contributed by atoms with Crippen molar-refractivity contribution in [1.82, 2.24) is 5.32 Å². The maximum Gasteiger partial charge on any atom is 0.286 e. The van der Waals surface area contributed by atoms with Crippen LogP contribution in [-0.2, 0) is 6.54 Å². The molecule has 2 rings (SSSR count). The van der Waals surface area contributed by atoms with Crippen molar-refractivity contribution in [3.63, 3.8) is 0 Å². The molecule has 0 unspecified atom stereocenters. The minimum atomic E-state index is -0.678. The summed E-state index contributed by atoms with van der Waals surface area (Å²) in [6.07, 6.45) is 0. The van der Waals surface area contributed by atoms with Crippen LogP contribution in [0, 0.1) is 22.9 Å². The lowest BCUT2D eigenvalue weighted by molar-refractivity contribution is -0.385. The number of methoxy groups -OCH3 is 2. The minimum absolute atomic E-state index is 0.0293. The number of carbonyl (C=O) groups is 1. The van der Waals surface area contributed by atoms with Crippen molar-refractivity contribution in [2.45, 2.75) is 13.5 Å². The molecule has 0 atom stereocenters. The molecule has 0 saturated carbocycles. The molecule has 1 amide bonds. The molecule has 1 N–H and O–H groups in total. The van der Waals surface area contributed by atoms with Gasteiger partial charge in [-0.3, -0.25) is 14.9 Å². The van der Waals surface area contributed by atoms with Gasteiger partial charge in [0.05, 0.1) is 25.2 Å². The zero-order valence-electron chi connectivity index (χ0n) is 14.0. The normalized spacial score (nSPS) is 10.2. The zero-order valence-corrected chi connectivity index (χ0v) is 14.0. The summed E-state index contributed by atoms with van der Waals surface area (Å²) in [6.45, 7) is 1.66. The number of rotatable bonds is 6. The number of amides is 1. The van der Waals surface area contributed by atoms with Gasteiger partial charge < -0.3 is 14.8 Å². The van der Waals surface area contributed by atoms with Crippen molar-refractivity contribution >= 4 is 11.6 Å². The molecule has 8 heteroatoms. The molecule has 7 nitrogen and oxygen atoms in total. The van der Waals surface area contributed by atoms with E-state index < -0.39 is 16.5 Å². The molecule has 0 fully saturated rings. The minimum Gasteiger partial charge on any atom is -0.493 e. The van der Waals surface area contributed by atoms with Gasteiger partial charge in [-0.15, -0.1) is 0 Å². The van der Waals surface area contributed by atoms with E-state index in [0.29, 0.717) is 11.1 Å². The van der Waals surface area contributed by atoms with Gasteiger partial charge in [0.2, 0.25) is 0 Å². The number of carbonyl (C=O) groups excluding carboxylic acids is 1. The predicted molar refractivity (Wildman–Crippen MR) is 88.5 cm³/mol. The SMILES string of the molecule is COc1cc(C(=O)NCc2ccc(C)c(F)c2)c([N+](=O)[O-])cc1OC. The third-order valence-corrected chi connectivity index (χ3v) is 3.63. The number of nitrogens with one attached hydrogen (secondary N) is 1. The Balaban J connectivity index is 2.28. The van der Waals surface area contributed by atoms with Crippen LogP contribution in [0.5, 0.6) is 11.5 Å². The van der Waals surface area contributed by atoms with Crippen molar-refractivity contribution in [3.05, 3.63) is 63.0 Å². The first-order valence-electron chi connectivity index (χ1n) is 7.31. The Kier molecular flexibility index (Phi) is 5.53. The van der Waals surface area contributed by atoms with Gasteiger partial charge in [0.1, 0.15) is 11.4 Å². The smallest absolute Gasteiger partial charge is 0.286 e. The largest absolute Gasteiger partial charge is 0.493 e. The Morgan fingerprint density at radius 2 is 1.84 bits per heavy atom. The van der Waals surface area contributed by atoms with Crippen LogP contribution in [0.2, 0.25) is 0 Å². The third-order valence-electron chi connectivity index (χ3n) is 3.63. The fourth-order valence-corrected chi connectivity index (χ4v) is 2.23. The molecule has 0 spiro atoms. The summed E-state index contributed by atoms with van der Waals surface area (Å²) in [5.41, 5.74) is 0.450. The molecule has 0 heterocycles. The lowest BCUT2D eigenvalue weighted by Gasteiger charge is -2.11. The third kappa shape index (κ3) is 4.03. The summed E-state index contributed by atoms with van der Waals surface area (Å²) >= 11 is 0. The molecule has 2 aromatic carbocycles. The zero-order chi connectivity index (χ0) is 18.6. The number of aryl methyl sites for hydroxylation is 1. The standard InChI is InChI=1S/C17H17FN2O5/c1-10-4-5-11(6-13(10)18)9-19-17(21)12-7-15(24-2)16(25-3)8-14(12)20(22)23/h4-8H,9H2,1-3H3,(H,19,21). The van der Waals surface area contributed by atoms with E-state index in [2.05, 4.69) is 5.32 Å². The molecule has 0 radical (unpaired) electrons. The van der Waals surface area contributed by atoms with Gasteiger partial charge in [-0.2, -0.15) is 0 Å². The Hall–Kier alpha value is -3.16. The molecule has 132 valence electrons. The van der Waals surface area contributed by atoms with E-state index in [4.69, 9.17) is 9.47 Å². The summed E-state index contributed by atoms with van der Waals surface area (Å²) in [5.74, 6) is -0.719. The van der Waals surface area contributed by atoms with Gasteiger partial charge in [-0.25, -0.2) is 4.39 Å². The molecule has 2 aromatic rings. The van der Waals surface area contributed by atoms with Gasteiger partial charge >= 0.3 is 0 Å². The second-order valence-corrected chi connectivity index (χ2v) is 5.25. The van der Waals surface area contributed by atoms with Crippen LogP contribution >= 0.6 is 0 Å². The molecular weight excluding hydrogens is 331 g/mol. The predicted octanol–water partition coefficient (Wildman–Crippen LogP) is 2.99. The molecular formula is C17H17FN2O5. The van der Waals surface area contributed by atoms with E-state index in [1.165, 1.54) is 26.4 Å². The lowest BCUT2D eigenvalue weighted by atomic mass is 10.1. The number of benzene rings is 2. The molecule has 0 aliphatic carbocycles. The highest BCUT2D eigenvalue weighted by atomic mass is 19.1. The summed E-state index contributed by atoms with van der Waals surface area (Å²) in [7, 11) is 2.70. The molecule has 0 aliphatic heterocycles. The van der Waals surface area contributed by atoms with Crippen LogP contribution in [0.1, 0.15) is 21.5 Å². The van der Waals surface area contributed by atoms with Crippen LogP contribution in [-0.4, -0.2) is 25.1 Å². The molecule has 25 heavy (non-hydrogen) atoms. The highest BCUT2D eigenvalue weighted by Gasteiger charge is 2.24. The fourth-order valence-electron chi connectivity index (χ4n) is 2.23. The Morgan fingerprint density at radius 3 is 2.40 bits per heavy atom. The Morgan fingerprint density at radius 1 is 1.20 bits per heavy atom. The maximum atomic E-state index is 13.5. The average molecular weight is 348 g/mol. The number of ether oxygens (including phenoxy) is 2. The van der Waals surface area contributed by atoms with Crippen molar-refractivity contribution < 1.29 is 23.6 Å². The first kappa shape index (κ1) is 18.2. The van der Waals surface area contributed by atoms with E-state index in [0.717, 1.165) is 6.07 Å². The number of nitrogens with zero attached hydrogens (tertiary/aromatic N) is 1. The molecule has 0 aromatic heterocycles. The Labute approximate surface area is 143 Å². The molecule has 0 aliphatic rings. The molecule has 0 bridgehead atoms. The van der Waals surface area contributed by atoms with E-state index in [1.54, 1.807) is 19.1 Å². The summed E-state index contributed by atoms with van der Waals surface area (Å²) in [4.78, 5) is 22.9. The van der Waals surface area contributed by atoms with Crippen LogP contribution < -0.4 is 14.8 Å².